The predicted molar refractivity (Wildman–Crippen MR) is 136 cm³/mol. The summed E-state index contributed by atoms with van der Waals surface area (Å²) in [6.07, 6.45) is -0.162. The van der Waals surface area contributed by atoms with Crippen molar-refractivity contribution in [3.8, 4) is 10.6 Å². The largest absolute Gasteiger partial charge is 0.350 e. The van der Waals surface area contributed by atoms with Crippen LogP contribution in [0, 0.1) is 18.6 Å². The Morgan fingerprint density at radius 2 is 1.92 bits per heavy atom. The number of hydrogen-bond donors (Lipinski definition) is 3. The number of thiazole rings is 1. The SMILES string of the molecule is Cc1nc(-c2ccccc2F)sc1CNC(=O)C1CC(C(=O)Nc2ccc(F)c(Cl)c2)N(C)S(=O)(=O)N1. The summed E-state index contributed by atoms with van der Waals surface area (Å²) in [6, 6.07) is 7.30. The molecule has 37 heavy (non-hydrogen) atoms. The fourth-order valence-corrected chi connectivity index (χ4v) is 6.17. The third-order valence-electron chi connectivity index (χ3n) is 5.79. The summed E-state index contributed by atoms with van der Waals surface area (Å²) in [4.78, 5) is 30.8. The number of halogens is 3. The molecule has 2 unspecified atom stereocenters. The minimum Gasteiger partial charge on any atom is -0.350 e. The van der Waals surface area contributed by atoms with E-state index in [1.54, 1.807) is 25.1 Å². The molecule has 0 spiro atoms. The molecule has 3 N–H and O–H groups in total. The number of nitrogens with one attached hydrogen (secondary N) is 3. The molecule has 1 saturated heterocycles. The van der Waals surface area contributed by atoms with E-state index in [1.165, 1.54) is 36.6 Å². The molecule has 3 aromatic rings. The number of rotatable bonds is 6. The highest BCUT2D eigenvalue weighted by molar-refractivity contribution is 7.87. The number of carbonyl (C=O) groups is 2. The molecular weight excluding hydrogens is 548 g/mol. The highest BCUT2D eigenvalue weighted by atomic mass is 35.5. The van der Waals surface area contributed by atoms with Crippen LogP contribution >= 0.6 is 22.9 Å². The topological polar surface area (TPSA) is 120 Å². The van der Waals surface area contributed by atoms with Gasteiger partial charge in [-0.2, -0.15) is 17.4 Å². The van der Waals surface area contributed by atoms with Gasteiger partial charge in [-0.1, -0.05) is 23.7 Å². The van der Waals surface area contributed by atoms with Gasteiger partial charge in [-0.15, -0.1) is 11.3 Å². The van der Waals surface area contributed by atoms with Crippen molar-refractivity contribution in [2.45, 2.75) is 32.0 Å². The summed E-state index contributed by atoms with van der Waals surface area (Å²) in [5.74, 6) is -2.43. The van der Waals surface area contributed by atoms with Gasteiger partial charge in [0.15, 0.2) is 0 Å². The van der Waals surface area contributed by atoms with E-state index >= 15 is 0 Å². The Labute approximate surface area is 221 Å². The fraction of sp³-hybridized carbons (Fsp3) is 0.261. The van der Waals surface area contributed by atoms with E-state index in [4.69, 9.17) is 11.6 Å². The van der Waals surface area contributed by atoms with Crippen LogP contribution in [-0.2, 0) is 26.3 Å². The highest BCUT2D eigenvalue weighted by Gasteiger charge is 2.42. The first kappa shape index (κ1) is 27.1. The van der Waals surface area contributed by atoms with Crippen molar-refractivity contribution in [1.82, 2.24) is 19.3 Å². The predicted octanol–water partition coefficient (Wildman–Crippen LogP) is 3.21. The third-order valence-corrected chi connectivity index (χ3v) is 8.87. The van der Waals surface area contributed by atoms with Crippen molar-refractivity contribution in [3.05, 3.63) is 69.7 Å². The lowest BCUT2D eigenvalue weighted by molar-refractivity contribution is -0.124. The summed E-state index contributed by atoms with van der Waals surface area (Å²) in [5.41, 5.74) is 1.11. The molecule has 1 aliphatic rings. The zero-order valence-electron chi connectivity index (χ0n) is 19.6. The number of likely N-dealkylation sites (N-methyl/N-ethyl adjacent to an activating group) is 1. The van der Waals surface area contributed by atoms with Gasteiger partial charge in [0.1, 0.15) is 28.7 Å². The molecule has 2 heterocycles. The first-order valence-corrected chi connectivity index (χ1v) is 13.6. The normalized spacial score (nSPS) is 19.4. The molecule has 196 valence electrons. The number of nitrogens with zero attached hydrogens (tertiary/aromatic N) is 2. The van der Waals surface area contributed by atoms with Crippen LogP contribution in [0.3, 0.4) is 0 Å². The summed E-state index contributed by atoms with van der Waals surface area (Å²) in [5, 5.41) is 5.41. The molecule has 14 heteroatoms. The van der Waals surface area contributed by atoms with Crippen LogP contribution in [0.5, 0.6) is 0 Å². The molecule has 2 aromatic carbocycles. The Bertz CT molecular complexity index is 1470. The van der Waals surface area contributed by atoms with Crippen LogP contribution < -0.4 is 15.4 Å². The molecule has 1 fully saturated rings. The molecule has 9 nitrogen and oxygen atoms in total. The molecule has 0 radical (unpaired) electrons. The molecule has 0 aliphatic carbocycles. The number of aryl methyl sites for hydroxylation is 1. The maximum absolute atomic E-state index is 14.1. The van der Waals surface area contributed by atoms with Gasteiger partial charge < -0.3 is 10.6 Å². The molecule has 0 saturated carbocycles. The van der Waals surface area contributed by atoms with Gasteiger partial charge in [0.25, 0.3) is 10.2 Å². The van der Waals surface area contributed by atoms with E-state index in [0.717, 1.165) is 10.4 Å². The van der Waals surface area contributed by atoms with Crippen LogP contribution in [0.15, 0.2) is 42.5 Å². The fourth-order valence-electron chi connectivity index (χ4n) is 3.71. The van der Waals surface area contributed by atoms with Crippen molar-refractivity contribution in [2.24, 2.45) is 0 Å². The van der Waals surface area contributed by atoms with E-state index in [0.29, 0.717) is 21.1 Å². The Morgan fingerprint density at radius 3 is 2.62 bits per heavy atom. The molecule has 2 amide bonds. The van der Waals surface area contributed by atoms with Gasteiger partial charge in [0.05, 0.1) is 17.3 Å². The monoisotopic (exact) mass is 569 g/mol. The lowest BCUT2D eigenvalue weighted by Crippen LogP contribution is -2.62. The number of amides is 2. The van der Waals surface area contributed by atoms with Crippen LogP contribution in [0.1, 0.15) is 17.0 Å². The van der Waals surface area contributed by atoms with E-state index in [9.17, 15) is 26.8 Å². The van der Waals surface area contributed by atoms with Gasteiger partial charge in [-0.25, -0.2) is 13.8 Å². The standard InChI is InChI=1S/C23H22ClF2N5O4S2/c1-12-20(36-23(28-12)14-5-3-4-6-16(14)25)11-27-21(32)18-10-19(31(2)37(34,35)30-18)22(33)29-13-7-8-17(26)15(24)9-13/h3-9,18-19,30H,10-11H2,1-2H3,(H,27,32)(H,29,33). The molecular formula is C23H22ClF2N5O4S2. The van der Waals surface area contributed by atoms with Crippen molar-refractivity contribution in [2.75, 3.05) is 12.4 Å². The highest BCUT2D eigenvalue weighted by Crippen LogP contribution is 2.30. The lowest BCUT2D eigenvalue weighted by Gasteiger charge is -2.35. The van der Waals surface area contributed by atoms with Gasteiger partial charge >= 0.3 is 0 Å². The molecule has 0 bridgehead atoms. The van der Waals surface area contributed by atoms with Crippen molar-refractivity contribution >= 4 is 50.6 Å². The van der Waals surface area contributed by atoms with Gasteiger partial charge in [0, 0.05) is 23.2 Å². The van der Waals surface area contributed by atoms with Crippen molar-refractivity contribution in [1.29, 1.82) is 0 Å². The smallest absolute Gasteiger partial charge is 0.280 e. The third kappa shape index (κ3) is 5.96. The van der Waals surface area contributed by atoms with Crippen LogP contribution in [-0.4, -0.2) is 48.7 Å². The maximum atomic E-state index is 14.1. The van der Waals surface area contributed by atoms with Gasteiger partial charge in [0.2, 0.25) is 11.8 Å². The average Bonchev–Trinajstić information content (AvgIpc) is 3.21. The number of aromatic nitrogens is 1. The first-order valence-electron chi connectivity index (χ1n) is 11.0. The molecule has 1 aromatic heterocycles. The van der Waals surface area contributed by atoms with Gasteiger partial charge in [-0.05, 0) is 43.7 Å². The Balaban J connectivity index is 1.45. The molecule has 4 rings (SSSR count). The maximum Gasteiger partial charge on any atom is 0.280 e. The van der Waals surface area contributed by atoms with E-state index in [1.807, 2.05) is 0 Å². The number of benzene rings is 2. The summed E-state index contributed by atoms with van der Waals surface area (Å²) in [6.45, 7) is 1.76. The summed E-state index contributed by atoms with van der Waals surface area (Å²) < 4.78 is 55.9. The second-order valence-electron chi connectivity index (χ2n) is 8.29. The average molecular weight is 570 g/mol. The van der Waals surface area contributed by atoms with Crippen LogP contribution in [0.4, 0.5) is 14.5 Å². The second kappa shape index (κ2) is 10.8. The summed E-state index contributed by atoms with van der Waals surface area (Å²) in [7, 11) is -2.95. The van der Waals surface area contributed by atoms with Crippen molar-refractivity contribution in [3.63, 3.8) is 0 Å². The first-order chi connectivity index (χ1) is 17.5. The zero-order valence-corrected chi connectivity index (χ0v) is 22.0. The van der Waals surface area contributed by atoms with E-state index in [2.05, 4.69) is 20.3 Å². The lowest BCUT2D eigenvalue weighted by atomic mass is 10.1. The Kier molecular flexibility index (Phi) is 7.90. The Morgan fingerprint density at radius 1 is 1.19 bits per heavy atom. The number of anilines is 1. The second-order valence-corrected chi connectivity index (χ2v) is 11.5. The number of carbonyl (C=O) groups excluding carboxylic acids is 2. The molecule has 2 atom stereocenters. The number of hydrogen-bond acceptors (Lipinski definition) is 6. The summed E-state index contributed by atoms with van der Waals surface area (Å²) >= 11 is 6.95. The van der Waals surface area contributed by atoms with Crippen molar-refractivity contribution < 1.29 is 26.8 Å². The molecule has 1 aliphatic heterocycles. The van der Waals surface area contributed by atoms with Gasteiger partial charge in [-0.3, -0.25) is 9.59 Å². The zero-order chi connectivity index (χ0) is 26.9. The minimum absolute atomic E-state index is 0.0375. The quantitative estimate of drug-likeness (QED) is 0.421. The van der Waals surface area contributed by atoms with E-state index in [-0.39, 0.29) is 23.7 Å². The minimum atomic E-state index is -4.16. The Hall–Kier alpha value is -2.97. The van der Waals surface area contributed by atoms with E-state index < -0.39 is 45.7 Å². The van der Waals surface area contributed by atoms with Crippen LogP contribution in [0.25, 0.3) is 10.6 Å². The van der Waals surface area contributed by atoms with Crippen LogP contribution in [0.2, 0.25) is 5.02 Å².